The van der Waals surface area contributed by atoms with Gasteiger partial charge >= 0.3 is 0 Å². The van der Waals surface area contributed by atoms with Crippen molar-refractivity contribution in [3.8, 4) is 5.88 Å². The molecular weight excluding hydrogens is 382 g/mol. The van der Waals surface area contributed by atoms with Gasteiger partial charge in [0.15, 0.2) is 6.17 Å². The Bertz CT molecular complexity index is 671. The number of amides is 1. The number of halogens is 5. The van der Waals surface area contributed by atoms with Gasteiger partial charge in [0, 0.05) is 12.3 Å². The number of nitrogens with zero attached hydrogens (tertiary/aromatic N) is 2. The van der Waals surface area contributed by atoms with Crippen LogP contribution in [0.4, 0.5) is 13.2 Å². The van der Waals surface area contributed by atoms with Gasteiger partial charge in [-0.1, -0.05) is 36.2 Å². The lowest BCUT2D eigenvalue weighted by Crippen LogP contribution is -2.59. The van der Waals surface area contributed by atoms with Crippen molar-refractivity contribution in [1.29, 1.82) is 0 Å². The lowest BCUT2D eigenvalue weighted by atomic mass is 9.96. The van der Waals surface area contributed by atoms with Gasteiger partial charge in [-0.25, -0.2) is 13.8 Å². The quantitative estimate of drug-likeness (QED) is 0.468. The summed E-state index contributed by atoms with van der Waals surface area (Å²) in [7, 11) is 0. The van der Waals surface area contributed by atoms with Crippen molar-refractivity contribution < 1.29 is 22.8 Å². The normalized spacial score (nSPS) is 29.2. The number of alkyl halides is 4. The number of carbonyl (C=O) groups is 1. The monoisotopic (exact) mass is 397 g/mol. The lowest BCUT2D eigenvalue weighted by Gasteiger charge is -2.40. The number of hydrogen-bond acceptors (Lipinski definition) is 4. The second-order valence-electron chi connectivity index (χ2n) is 5.54. The van der Waals surface area contributed by atoms with Crippen LogP contribution in [0.25, 0.3) is 0 Å². The largest absolute Gasteiger partial charge is 0.356 e. The van der Waals surface area contributed by atoms with Crippen LogP contribution in [0.3, 0.4) is 0 Å². The predicted molar refractivity (Wildman–Crippen MR) is 87.0 cm³/mol. The van der Waals surface area contributed by atoms with Crippen molar-refractivity contribution in [2.45, 2.75) is 36.6 Å². The van der Waals surface area contributed by atoms with Crippen molar-refractivity contribution in [3.63, 3.8) is 0 Å². The van der Waals surface area contributed by atoms with Crippen LogP contribution in [0.5, 0.6) is 5.88 Å². The zero-order valence-corrected chi connectivity index (χ0v) is 14.9. The molecule has 1 N–H and O–H groups in total. The zero-order valence-electron chi connectivity index (χ0n) is 13.4. The SMILES string of the molecule is CCCN(Oc1ccccn1)C(=O)C1=C(F)NC(C)(Cl)C(F)C1(F)Cl. The minimum Gasteiger partial charge on any atom is -0.356 e. The third-order valence-electron chi connectivity index (χ3n) is 3.41. The molecule has 10 heteroatoms. The second kappa shape index (κ2) is 7.29. The van der Waals surface area contributed by atoms with Crippen LogP contribution in [0.2, 0.25) is 0 Å². The number of rotatable bonds is 5. The topological polar surface area (TPSA) is 54.5 Å². The van der Waals surface area contributed by atoms with E-state index in [2.05, 4.69) is 4.98 Å². The molecule has 0 spiro atoms. The van der Waals surface area contributed by atoms with Gasteiger partial charge in [0.2, 0.25) is 11.8 Å². The molecule has 3 atom stereocenters. The highest BCUT2D eigenvalue weighted by atomic mass is 35.5. The number of nitrogens with one attached hydrogen (secondary N) is 1. The van der Waals surface area contributed by atoms with E-state index in [0.29, 0.717) is 11.5 Å². The van der Waals surface area contributed by atoms with E-state index in [4.69, 9.17) is 28.0 Å². The van der Waals surface area contributed by atoms with Crippen LogP contribution in [0.1, 0.15) is 20.3 Å². The maximum absolute atomic E-state index is 14.7. The van der Waals surface area contributed by atoms with Gasteiger partial charge < -0.3 is 10.2 Å². The van der Waals surface area contributed by atoms with Crippen LogP contribution in [-0.4, -0.2) is 38.8 Å². The van der Waals surface area contributed by atoms with E-state index in [1.807, 2.05) is 5.32 Å². The fraction of sp³-hybridized carbons (Fsp3) is 0.467. The van der Waals surface area contributed by atoms with E-state index in [-0.39, 0.29) is 12.4 Å². The maximum atomic E-state index is 14.7. The van der Waals surface area contributed by atoms with Gasteiger partial charge in [0.1, 0.15) is 10.6 Å². The summed E-state index contributed by atoms with van der Waals surface area (Å²) in [5.74, 6) is -2.71. The summed E-state index contributed by atoms with van der Waals surface area (Å²) in [6, 6.07) is 4.65. The third kappa shape index (κ3) is 3.95. The Balaban J connectivity index is 2.37. The molecular formula is C15H16Cl2F3N3O2. The minimum atomic E-state index is -3.47. The lowest BCUT2D eigenvalue weighted by molar-refractivity contribution is -0.155. The number of hydrogen-bond donors (Lipinski definition) is 1. The van der Waals surface area contributed by atoms with Gasteiger partial charge in [-0.2, -0.15) is 9.45 Å². The highest BCUT2D eigenvalue weighted by Crippen LogP contribution is 2.45. The van der Waals surface area contributed by atoms with Gasteiger partial charge in [0.25, 0.3) is 11.0 Å². The first-order chi connectivity index (χ1) is 11.6. The predicted octanol–water partition coefficient (Wildman–Crippen LogP) is 3.60. The second-order valence-corrected chi connectivity index (χ2v) is 6.88. The molecule has 1 aliphatic rings. The first-order valence-corrected chi connectivity index (χ1v) is 8.17. The molecule has 138 valence electrons. The standard InChI is InChI=1S/C15H16Cl2F3N3O2/c1-3-8-23(25-9-6-4-5-7-21-9)12(24)10-11(18)22-14(2,16)13(19)15(10,17)20/h4-7,13,22H,3,8H2,1-2H3. The fourth-order valence-electron chi connectivity index (χ4n) is 2.22. The summed E-state index contributed by atoms with van der Waals surface area (Å²) < 4.78 is 43.3. The molecule has 0 aliphatic carbocycles. The van der Waals surface area contributed by atoms with Crippen molar-refractivity contribution in [3.05, 3.63) is 35.9 Å². The van der Waals surface area contributed by atoms with E-state index in [0.717, 1.165) is 6.92 Å². The first kappa shape index (κ1) is 19.7. The molecule has 3 unspecified atom stereocenters. The van der Waals surface area contributed by atoms with Crippen LogP contribution in [0.15, 0.2) is 35.9 Å². The van der Waals surface area contributed by atoms with Crippen molar-refractivity contribution >= 4 is 29.1 Å². The molecule has 0 aromatic carbocycles. The van der Waals surface area contributed by atoms with Crippen LogP contribution in [0, 0.1) is 0 Å². The Morgan fingerprint density at radius 2 is 2.16 bits per heavy atom. The van der Waals surface area contributed by atoms with E-state index in [9.17, 15) is 18.0 Å². The molecule has 1 aliphatic heterocycles. The Morgan fingerprint density at radius 3 is 2.72 bits per heavy atom. The van der Waals surface area contributed by atoms with Gasteiger partial charge in [-0.3, -0.25) is 4.79 Å². The molecule has 0 fully saturated rings. The Morgan fingerprint density at radius 1 is 1.48 bits per heavy atom. The fourth-order valence-corrected chi connectivity index (χ4v) is 2.89. The van der Waals surface area contributed by atoms with Gasteiger partial charge in [0.05, 0.1) is 6.54 Å². The molecule has 2 rings (SSSR count). The molecule has 5 nitrogen and oxygen atoms in total. The Labute approximate surface area is 152 Å². The summed E-state index contributed by atoms with van der Waals surface area (Å²) in [5, 5.41) is -0.891. The Kier molecular flexibility index (Phi) is 5.73. The first-order valence-electron chi connectivity index (χ1n) is 7.41. The highest BCUT2D eigenvalue weighted by molar-refractivity contribution is 6.31. The summed E-state index contributed by atoms with van der Waals surface area (Å²) in [4.78, 5) is 19.5. The third-order valence-corrected chi connectivity index (χ3v) is 4.08. The molecule has 1 amide bonds. The van der Waals surface area contributed by atoms with E-state index < -0.39 is 33.7 Å². The molecule has 0 radical (unpaired) electrons. The smallest absolute Gasteiger partial charge is 0.291 e. The zero-order chi connectivity index (χ0) is 18.8. The number of aromatic nitrogens is 1. The molecule has 25 heavy (non-hydrogen) atoms. The molecule has 1 aromatic heterocycles. The Hall–Kier alpha value is -1.67. The summed E-state index contributed by atoms with van der Waals surface area (Å²) in [6.07, 6.45) is -0.793. The average Bonchev–Trinajstić information content (AvgIpc) is 2.53. The molecule has 0 saturated heterocycles. The van der Waals surface area contributed by atoms with E-state index in [1.165, 1.54) is 12.3 Å². The highest BCUT2D eigenvalue weighted by Gasteiger charge is 2.59. The van der Waals surface area contributed by atoms with E-state index >= 15 is 0 Å². The van der Waals surface area contributed by atoms with Gasteiger partial charge in [-0.05, 0) is 19.4 Å². The van der Waals surface area contributed by atoms with Crippen LogP contribution < -0.4 is 10.2 Å². The number of pyridine rings is 1. The molecule has 1 aromatic rings. The maximum Gasteiger partial charge on any atom is 0.291 e. The van der Waals surface area contributed by atoms with Crippen LogP contribution >= 0.6 is 23.2 Å². The summed E-state index contributed by atoms with van der Waals surface area (Å²) >= 11 is 11.2. The molecule has 0 bridgehead atoms. The number of carbonyl (C=O) groups excluding carboxylic acids is 1. The van der Waals surface area contributed by atoms with Gasteiger partial charge in [-0.15, -0.1) is 0 Å². The molecule has 0 saturated carbocycles. The van der Waals surface area contributed by atoms with Crippen LogP contribution in [-0.2, 0) is 4.79 Å². The summed E-state index contributed by atoms with van der Waals surface area (Å²) in [6.45, 7) is 2.68. The van der Waals surface area contributed by atoms with E-state index in [1.54, 1.807) is 19.1 Å². The number of hydroxylamine groups is 2. The molecule has 2 heterocycles. The average molecular weight is 398 g/mol. The minimum absolute atomic E-state index is 0.0205. The van der Waals surface area contributed by atoms with Crippen molar-refractivity contribution in [2.75, 3.05) is 6.54 Å². The summed E-state index contributed by atoms with van der Waals surface area (Å²) in [5.41, 5.74) is -1.25. The van der Waals surface area contributed by atoms with Crippen molar-refractivity contribution in [1.82, 2.24) is 15.4 Å². The van der Waals surface area contributed by atoms with Crippen molar-refractivity contribution in [2.24, 2.45) is 0 Å².